The van der Waals surface area contributed by atoms with Gasteiger partial charge in [-0.1, -0.05) is 0 Å². The molecular formula is C12H19N5O. The largest absolute Gasteiger partial charge is 0.376 e. The second kappa shape index (κ2) is 5.17. The minimum Gasteiger partial charge on any atom is -0.376 e. The van der Waals surface area contributed by atoms with Crippen LogP contribution in [-0.2, 0) is 17.8 Å². The van der Waals surface area contributed by atoms with E-state index in [2.05, 4.69) is 32.4 Å². The van der Waals surface area contributed by atoms with Gasteiger partial charge in [0, 0.05) is 44.4 Å². The lowest BCUT2D eigenvalue weighted by Crippen LogP contribution is -2.47. The van der Waals surface area contributed by atoms with Crippen molar-refractivity contribution < 1.29 is 4.74 Å². The van der Waals surface area contributed by atoms with Gasteiger partial charge in [0.15, 0.2) is 0 Å². The summed E-state index contributed by atoms with van der Waals surface area (Å²) in [5, 5.41) is 2.18. The number of hydrazine groups is 1. The molecule has 1 N–H and O–H groups in total. The van der Waals surface area contributed by atoms with E-state index < -0.39 is 0 Å². The zero-order valence-corrected chi connectivity index (χ0v) is 10.7. The molecule has 0 aliphatic carbocycles. The molecule has 0 atom stereocenters. The van der Waals surface area contributed by atoms with Crippen molar-refractivity contribution in [3.63, 3.8) is 0 Å². The zero-order chi connectivity index (χ0) is 12.4. The Morgan fingerprint density at radius 1 is 1.28 bits per heavy atom. The van der Waals surface area contributed by atoms with Crippen LogP contribution in [0.4, 0.5) is 5.95 Å². The van der Waals surface area contributed by atoms with Gasteiger partial charge in [-0.3, -0.25) is 5.43 Å². The van der Waals surface area contributed by atoms with Crippen LogP contribution in [0.15, 0.2) is 6.20 Å². The summed E-state index contributed by atoms with van der Waals surface area (Å²) < 4.78 is 5.38. The van der Waals surface area contributed by atoms with Gasteiger partial charge in [-0.05, 0) is 7.05 Å². The monoisotopic (exact) mass is 249 g/mol. The maximum absolute atomic E-state index is 5.38. The van der Waals surface area contributed by atoms with Gasteiger partial charge in [-0.2, -0.15) is 0 Å². The molecular weight excluding hydrogens is 230 g/mol. The molecule has 6 heteroatoms. The molecule has 6 nitrogen and oxygen atoms in total. The third-order valence-corrected chi connectivity index (χ3v) is 3.46. The number of fused-ring (bicyclic) bond motifs is 1. The number of nitrogens with one attached hydrogen (secondary N) is 1. The van der Waals surface area contributed by atoms with E-state index in [1.54, 1.807) is 0 Å². The average molecular weight is 249 g/mol. The zero-order valence-electron chi connectivity index (χ0n) is 10.7. The highest BCUT2D eigenvalue weighted by Crippen LogP contribution is 2.15. The summed E-state index contributed by atoms with van der Waals surface area (Å²) in [7, 11) is 2.15. The summed E-state index contributed by atoms with van der Waals surface area (Å²) in [6.07, 6.45) is 2.76. The van der Waals surface area contributed by atoms with Gasteiger partial charge in [-0.15, -0.1) is 0 Å². The van der Waals surface area contributed by atoms with Gasteiger partial charge >= 0.3 is 0 Å². The number of anilines is 1. The molecule has 1 saturated heterocycles. The number of nitrogens with zero attached hydrogens (tertiary/aromatic N) is 4. The van der Waals surface area contributed by atoms with Crippen molar-refractivity contribution >= 4 is 5.95 Å². The molecule has 0 aromatic carbocycles. The lowest BCUT2D eigenvalue weighted by molar-refractivity contribution is 0.109. The molecule has 3 heterocycles. The molecule has 18 heavy (non-hydrogen) atoms. The van der Waals surface area contributed by atoms with E-state index in [1.165, 1.54) is 0 Å². The maximum Gasteiger partial charge on any atom is 0.237 e. The Bertz CT molecular complexity index is 417. The fraction of sp³-hybridized carbons (Fsp3) is 0.667. The summed E-state index contributed by atoms with van der Waals surface area (Å²) in [6.45, 7) is 5.56. The fourth-order valence-electron chi connectivity index (χ4n) is 2.24. The van der Waals surface area contributed by atoms with E-state index in [0.717, 1.165) is 50.5 Å². The Labute approximate surface area is 107 Å². The quantitative estimate of drug-likeness (QED) is 0.803. The Morgan fingerprint density at radius 2 is 2.11 bits per heavy atom. The lowest BCUT2D eigenvalue weighted by Gasteiger charge is -2.32. The molecule has 2 aliphatic rings. The van der Waals surface area contributed by atoms with Crippen molar-refractivity contribution in [2.45, 2.75) is 13.0 Å². The predicted molar refractivity (Wildman–Crippen MR) is 68.1 cm³/mol. The van der Waals surface area contributed by atoms with Crippen molar-refractivity contribution in [2.24, 2.45) is 0 Å². The lowest BCUT2D eigenvalue weighted by atomic mass is 10.1. The van der Waals surface area contributed by atoms with Crippen LogP contribution >= 0.6 is 0 Å². The summed E-state index contributed by atoms with van der Waals surface area (Å²) >= 11 is 0. The van der Waals surface area contributed by atoms with E-state index in [4.69, 9.17) is 4.74 Å². The third kappa shape index (κ3) is 2.60. The van der Waals surface area contributed by atoms with Crippen molar-refractivity contribution in [2.75, 3.05) is 45.3 Å². The SMILES string of the molecule is CN1CCN(Nc2ncc3c(n2)CCOC3)CC1. The van der Waals surface area contributed by atoms with E-state index >= 15 is 0 Å². The summed E-state index contributed by atoms with van der Waals surface area (Å²) in [5.74, 6) is 0.709. The molecule has 0 amide bonds. The fourth-order valence-corrected chi connectivity index (χ4v) is 2.24. The number of hydrogen-bond donors (Lipinski definition) is 1. The highest BCUT2D eigenvalue weighted by molar-refractivity contribution is 5.29. The van der Waals surface area contributed by atoms with Crippen molar-refractivity contribution in [3.05, 3.63) is 17.5 Å². The van der Waals surface area contributed by atoms with Crippen LogP contribution in [0.5, 0.6) is 0 Å². The minimum atomic E-state index is 0.643. The van der Waals surface area contributed by atoms with Crippen LogP contribution in [0.1, 0.15) is 11.3 Å². The highest BCUT2D eigenvalue weighted by atomic mass is 16.5. The smallest absolute Gasteiger partial charge is 0.237 e. The van der Waals surface area contributed by atoms with Crippen LogP contribution in [0.25, 0.3) is 0 Å². The molecule has 0 saturated carbocycles. The number of hydrogen-bond acceptors (Lipinski definition) is 6. The standard InChI is InChI=1S/C12H19N5O/c1-16-3-5-17(6-4-16)15-12-13-8-10-9-18-7-2-11(10)14-12/h8H,2-7,9H2,1H3,(H,13,14,15). The van der Waals surface area contributed by atoms with Crippen LogP contribution in [-0.4, -0.2) is 59.7 Å². The second-order valence-electron chi connectivity index (χ2n) is 4.87. The molecule has 1 aromatic heterocycles. The van der Waals surface area contributed by atoms with Gasteiger partial charge in [0.2, 0.25) is 5.95 Å². The van der Waals surface area contributed by atoms with E-state index in [1.807, 2.05) is 6.20 Å². The Balaban J connectivity index is 1.66. The van der Waals surface area contributed by atoms with Gasteiger partial charge in [0.1, 0.15) is 0 Å². The minimum absolute atomic E-state index is 0.643. The highest BCUT2D eigenvalue weighted by Gasteiger charge is 2.16. The Hall–Kier alpha value is -1.24. The summed E-state index contributed by atoms with van der Waals surface area (Å²) in [4.78, 5) is 11.2. The van der Waals surface area contributed by atoms with Crippen LogP contribution in [0.3, 0.4) is 0 Å². The molecule has 0 radical (unpaired) electrons. The van der Waals surface area contributed by atoms with E-state index in [-0.39, 0.29) is 0 Å². The van der Waals surface area contributed by atoms with Gasteiger partial charge in [0.05, 0.1) is 18.9 Å². The number of piperazine rings is 1. The van der Waals surface area contributed by atoms with Crippen LogP contribution in [0.2, 0.25) is 0 Å². The van der Waals surface area contributed by atoms with E-state index in [0.29, 0.717) is 12.6 Å². The van der Waals surface area contributed by atoms with Crippen molar-refractivity contribution in [3.8, 4) is 0 Å². The first-order valence-electron chi connectivity index (χ1n) is 6.44. The molecule has 2 aliphatic heterocycles. The molecule has 1 aromatic rings. The van der Waals surface area contributed by atoms with Gasteiger partial charge in [-0.25, -0.2) is 15.0 Å². The molecule has 3 rings (SSSR count). The first-order chi connectivity index (χ1) is 8.81. The summed E-state index contributed by atoms with van der Waals surface area (Å²) in [5.41, 5.74) is 5.53. The average Bonchev–Trinajstić information content (AvgIpc) is 2.41. The second-order valence-corrected chi connectivity index (χ2v) is 4.87. The van der Waals surface area contributed by atoms with Crippen molar-refractivity contribution in [1.29, 1.82) is 0 Å². The van der Waals surface area contributed by atoms with Crippen LogP contribution < -0.4 is 5.43 Å². The van der Waals surface area contributed by atoms with Gasteiger partial charge < -0.3 is 9.64 Å². The van der Waals surface area contributed by atoms with Crippen LogP contribution in [0, 0.1) is 0 Å². The molecule has 98 valence electrons. The Morgan fingerprint density at radius 3 is 2.94 bits per heavy atom. The summed E-state index contributed by atoms with van der Waals surface area (Å²) in [6, 6.07) is 0. The number of ether oxygens (including phenoxy) is 1. The normalized spacial score (nSPS) is 21.6. The van der Waals surface area contributed by atoms with Gasteiger partial charge in [0.25, 0.3) is 0 Å². The first kappa shape index (κ1) is 11.8. The molecule has 0 spiro atoms. The first-order valence-corrected chi connectivity index (χ1v) is 6.44. The van der Waals surface area contributed by atoms with Crippen molar-refractivity contribution in [1.82, 2.24) is 19.9 Å². The Kier molecular flexibility index (Phi) is 3.40. The van der Waals surface area contributed by atoms with E-state index in [9.17, 15) is 0 Å². The molecule has 1 fully saturated rings. The number of likely N-dealkylation sites (N-methyl/N-ethyl adjacent to an activating group) is 1. The molecule has 0 unspecified atom stereocenters. The number of aromatic nitrogens is 2. The number of rotatable bonds is 2. The maximum atomic E-state index is 5.38. The third-order valence-electron chi connectivity index (χ3n) is 3.46. The molecule has 0 bridgehead atoms. The topological polar surface area (TPSA) is 53.5 Å². The predicted octanol–water partition coefficient (Wildman–Crippen LogP) is 0.124.